The lowest BCUT2D eigenvalue weighted by molar-refractivity contribution is -0.119. The Morgan fingerprint density at radius 2 is 2.22 bits per heavy atom. The third-order valence-electron chi connectivity index (χ3n) is 3.46. The molecule has 1 aromatic carbocycles. The summed E-state index contributed by atoms with van der Waals surface area (Å²) in [5, 5.41) is 26.9. The minimum absolute atomic E-state index is 0.0168. The minimum Gasteiger partial charge on any atom is -0.496 e. The van der Waals surface area contributed by atoms with Crippen LogP contribution in [0, 0.1) is 0 Å². The smallest absolute Gasteiger partial charge is 0.216 e. The molecule has 1 heterocycles. The summed E-state index contributed by atoms with van der Waals surface area (Å²) in [4.78, 5) is 10.9. The summed E-state index contributed by atoms with van der Waals surface area (Å²) in [7, 11) is 1.57. The van der Waals surface area contributed by atoms with E-state index in [0.717, 1.165) is 5.56 Å². The highest BCUT2D eigenvalue weighted by atomic mass is 16.5. The fourth-order valence-corrected chi connectivity index (χ4v) is 2.26. The number of carbonyl (C=O) groups excluding carboxylic acids is 1. The van der Waals surface area contributed by atoms with Gasteiger partial charge in [-0.25, -0.2) is 0 Å². The number of aliphatic hydroxyl groups is 2. The molecule has 2 unspecified atom stereocenters. The first-order valence-corrected chi connectivity index (χ1v) is 7.26. The summed E-state index contributed by atoms with van der Waals surface area (Å²) in [6.45, 7) is 1.82. The number of rotatable bonds is 7. The number of benzene rings is 1. The molecule has 0 aliphatic rings. The molecule has 2 atom stereocenters. The SMILES string of the molecule is COc1ccc(C(O)C(O)CNC(C)=O)cc1Cn1cccn1. The Balaban J connectivity index is 2.17. The van der Waals surface area contributed by atoms with Gasteiger partial charge in [-0.1, -0.05) is 6.07 Å². The van der Waals surface area contributed by atoms with Crippen molar-refractivity contribution in [3.8, 4) is 5.75 Å². The van der Waals surface area contributed by atoms with Gasteiger partial charge >= 0.3 is 0 Å². The molecule has 0 radical (unpaired) electrons. The molecule has 1 amide bonds. The Hall–Kier alpha value is -2.38. The lowest BCUT2D eigenvalue weighted by atomic mass is 10.0. The van der Waals surface area contributed by atoms with Gasteiger partial charge in [0.2, 0.25) is 5.91 Å². The number of amides is 1. The number of hydrogen-bond donors (Lipinski definition) is 3. The molecule has 0 aliphatic heterocycles. The van der Waals surface area contributed by atoms with Gasteiger partial charge in [-0.05, 0) is 23.8 Å². The summed E-state index contributed by atoms with van der Waals surface area (Å²) in [5.74, 6) is 0.415. The van der Waals surface area contributed by atoms with Crippen LogP contribution >= 0.6 is 0 Å². The topological polar surface area (TPSA) is 96.6 Å². The largest absolute Gasteiger partial charge is 0.496 e. The quantitative estimate of drug-likeness (QED) is 0.689. The Kier molecular flexibility index (Phi) is 5.72. The molecule has 0 fully saturated rings. The molecule has 2 rings (SSSR count). The second-order valence-corrected chi connectivity index (χ2v) is 5.22. The summed E-state index contributed by atoms with van der Waals surface area (Å²) in [5.41, 5.74) is 1.38. The maximum Gasteiger partial charge on any atom is 0.216 e. The van der Waals surface area contributed by atoms with Gasteiger partial charge in [0.25, 0.3) is 0 Å². The van der Waals surface area contributed by atoms with E-state index in [1.165, 1.54) is 6.92 Å². The maximum absolute atomic E-state index is 10.9. The van der Waals surface area contributed by atoms with Crippen molar-refractivity contribution in [2.75, 3.05) is 13.7 Å². The molecule has 0 aliphatic carbocycles. The highest BCUT2D eigenvalue weighted by Gasteiger charge is 2.20. The van der Waals surface area contributed by atoms with Crippen LogP contribution in [0.1, 0.15) is 24.2 Å². The first-order valence-electron chi connectivity index (χ1n) is 7.26. The van der Waals surface area contributed by atoms with Crippen LogP contribution in [0.4, 0.5) is 0 Å². The van der Waals surface area contributed by atoms with Gasteiger partial charge in [0.1, 0.15) is 18.0 Å². The van der Waals surface area contributed by atoms with E-state index in [4.69, 9.17) is 4.74 Å². The van der Waals surface area contributed by atoms with Gasteiger partial charge in [-0.15, -0.1) is 0 Å². The van der Waals surface area contributed by atoms with Crippen LogP contribution in [0.25, 0.3) is 0 Å². The van der Waals surface area contributed by atoms with E-state index in [9.17, 15) is 15.0 Å². The third-order valence-corrected chi connectivity index (χ3v) is 3.46. The molecule has 124 valence electrons. The Morgan fingerprint density at radius 1 is 1.43 bits per heavy atom. The lowest BCUT2D eigenvalue weighted by Gasteiger charge is -2.20. The normalized spacial score (nSPS) is 13.4. The molecule has 7 nitrogen and oxygen atoms in total. The average Bonchev–Trinajstić information content (AvgIpc) is 3.04. The highest BCUT2D eigenvalue weighted by molar-refractivity contribution is 5.72. The van der Waals surface area contributed by atoms with E-state index in [1.807, 2.05) is 12.3 Å². The Morgan fingerprint density at radius 3 is 2.83 bits per heavy atom. The standard InChI is InChI=1S/C16H21N3O4/c1-11(20)17-9-14(21)16(22)12-4-5-15(23-2)13(8-12)10-19-7-3-6-18-19/h3-8,14,16,21-22H,9-10H2,1-2H3,(H,17,20). The molecular weight excluding hydrogens is 298 g/mol. The lowest BCUT2D eigenvalue weighted by Crippen LogP contribution is -2.34. The highest BCUT2D eigenvalue weighted by Crippen LogP contribution is 2.25. The first kappa shape index (κ1) is 17.0. The monoisotopic (exact) mass is 319 g/mol. The van der Waals surface area contributed by atoms with Gasteiger partial charge < -0.3 is 20.3 Å². The van der Waals surface area contributed by atoms with Crippen LogP contribution in [0.5, 0.6) is 5.75 Å². The predicted molar refractivity (Wildman–Crippen MR) is 84.0 cm³/mol. The molecule has 3 N–H and O–H groups in total. The van der Waals surface area contributed by atoms with E-state index in [0.29, 0.717) is 17.9 Å². The van der Waals surface area contributed by atoms with E-state index >= 15 is 0 Å². The molecule has 0 saturated heterocycles. The van der Waals surface area contributed by atoms with Crippen molar-refractivity contribution < 1.29 is 19.7 Å². The van der Waals surface area contributed by atoms with Crippen molar-refractivity contribution in [3.63, 3.8) is 0 Å². The van der Waals surface area contributed by atoms with Crippen molar-refractivity contribution in [1.29, 1.82) is 0 Å². The van der Waals surface area contributed by atoms with Crippen LogP contribution in [0.2, 0.25) is 0 Å². The van der Waals surface area contributed by atoms with Crippen molar-refractivity contribution in [3.05, 3.63) is 47.8 Å². The van der Waals surface area contributed by atoms with Crippen LogP contribution in [-0.2, 0) is 11.3 Å². The zero-order valence-corrected chi connectivity index (χ0v) is 13.1. The minimum atomic E-state index is -1.11. The van der Waals surface area contributed by atoms with Crippen molar-refractivity contribution in [1.82, 2.24) is 15.1 Å². The first-order chi connectivity index (χ1) is 11.0. The van der Waals surface area contributed by atoms with Crippen molar-refractivity contribution in [2.45, 2.75) is 25.7 Å². The fraction of sp³-hybridized carbons (Fsp3) is 0.375. The summed E-state index contributed by atoms with van der Waals surface area (Å²) >= 11 is 0. The van der Waals surface area contributed by atoms with Crippen LogP contribution < -0.4 is 10.1 Å². The zero-order valence-electron chi connectivity index (χ0n) is 13.1. The number of ether oxygens (including phenoxy) is 1. The van der Waals surface area contributed by atoms with Gasteiger partial charge in [0.15, 0.2) is 0 Å². The average molecular weight is 319 g/mol. The summed E-state index contributed by atoms with van der Waals surface area (Å²) < 4.78 is 7.06. The van der Waals surface area contributed by atoms with Crippen LogP contribution in [-0.4, -0.2) is 45.7 Å². The number of aromatic nitrogens is 2. The molecule has 0 bridgehead atoms. The maximum atomic E-state index is 10.9. The van der Waals surface area contributed by atoms with Gasteiger partial charge in [0.05, 0.1) is 13.7 Å². The van der Waals surface area contributed by atoms with Gasteiger partial charge in [-0.2, -0.15) is 5.10 Å². The Labute approximate surface area is 134 Å². The molecule has 1 aromatic heterocycles. The van der Waals surface area contributed by atoms with Crippen LogP contribution in [0.3, 0.4) is 0 Å². The van der Waals surface area contributed by atoms with Crippen LogP contribution in [0.15, 0.2) is 36.7 Å². The van der Waals surface area contributed by atoms with E-state index in [2.05, 4.69) is 10.4 Å². The molecule has 23 heavy (non-hydrogen) atoms. The zero-order chi connectivity index (χ0) is 16.8. The number of nitrogens with one attached hydrogen (secondary N) is 1. The number of methoxy groups -OCH3 is 1. The van der Waals surface area contributed by atoms with Crippen molar-refractivity contribution >= 4 is 5.91 Å². The van der Waals surface area contributed by atoms with E-state index < -0.39 is 12.2 Å². The molecule has 2 aromatic rings. The van der Waals surface area contributed by atoms with E-state index in [-0.39, 0.29) is 12.5 Å². The second kappa shape index (κ2) is 7.75. The molecule has 0 spiro atoms. The summed E-state index contributed by atoms with van der Waals surface area (Å²) in [6, 6.07) is 7.01. The molecule has 7 heteroatoms. The van der Waals surface area contributed by atoms with Gasteiger partial charge in [0, 0.05) is 31.4 Å². The number of hydrogen-bond acceptors (Lipinski definition) is 5. The third kappa shape index (κ3) is 4.54. The number of nitrogens with zero attached hydrogens (tertiary/aromatic N) is 2. The number of aliphatic hydroxyl groups excluding tert-OH is 2. The fourth-order valence-electron chi connectivity index (χ4n) is 2.26. The number of carbonyl (C=O) groups is 1. The molecular formula is C16H21N3O4. The van der Waals surface area contributed by atoms with Crippen molar-refractivity contribution in [2.24, 2.45) is 0 Å². The predicted octanol–water partition coefficient (Wildman–Crippen LogP) is 0.470. The second-order valence-electron chi connectivity index (χ2n) is 5.22. The van der Waals surface area contributed by atoms with Gasteiger partial charge in [-0.3, -0.25) is 9.48 Å². The molecule has 0 saturated carbocycles. The van der Waals surface area contributed by atoms with E-state index in [1.54, 1.807) is 36.2 Å². The summed E-state index contributed by atoms with van der Waals surface area (Å²) in [6.07, 6.45) is 1.31. The Bertz CT molecular complexity index is 643.